The third kappa shape index (κ3) is 4.36. The van der Waals surface area contributed by atoms with Crippen LogP contribution >= 0.6 is 12.4 Å². The smallest absolute Gasteiger partial charge is 0.223 e. The predicted octanol–water partition coefficient (Wildman–Crippen LogP) is 2.88. The Morgan fingerprint density at radius 1 is 1.05 bits per heavy atom. The molecule has 1 saturated heterocycles. The molecule has 0 spiro atoms. The van der Waals surface area contributed by atoms with Crippen molar-refractivity contribution in [3.63, 3.8) is 0 Å². The number of rotatable bonds is 5. The van der Waals surface area contributed by atoms with E-state index in [-0.39, 0.29) is 24.6 Å². The summed E-state index contributed by atoms with van der Waals surface area (Å²) in [6, 6.07) is 0.696. The Kier molecular flexibility index (Phi) is 6.97. The lowest BCUT2D eigenvalue weighted by Gasteiger charge is -2.32. The predicted molar refractivity (Wildman–Crippen MR) is 90.1 cm³/mol. The van der Waals surface area contributed by atoms with E-state index in [0.717, 1.165) is 38.8 Å². The van der Waals surface area contributed by atoms with Gasteiger partial charge in [0.25, 0.3) is 0 Å². The van der Waals surface area contributed by atoms with Crippen LogP contribution < -0.4 is 5.73 Å². The molecule has 0 bridgehead atoms. The van der Waals surface area contributed by atoms with Crippen LogP contribution in [0.1, 0.15) is 64.2 Å². The second-order valence-corrected chi connectivity index (χ2v) is 7.18. The molecule has 3 rings (SSSR count). The SMILES string of the molecule is Cl.N[C@@H]1CCC[C@H]1CC(=O)N(CC1CCCO1)C1CCCC1. The van der Waals surface area contributed by atoms with Gasteiger partial charge in [-0.25, -0.2) is 0 Å². The maximum Gasteiger partial charge on any atom is 0.223 e. The fraction of sp³-hybridized carbons (Fsp3) is 0.941. The Labute approximate surface area is 140 Å². The topological polar surface area (TPSA) is 55.6 Å². The minimum atomic E-state index is 0. The van der Waals surface area contributed by atoms with E-state index >= 15 is 0 Å². The van der Waals surface area contributed by atoms with Crippen LogP contribution in [0.2, 0.25) is 0 Å². The molecule has 0 aromatic heterocycles. The largest absolute Gasteiger partial charge is 0.376 e. The average Bonchev–Trinajstić information content (AvgIpc) is 3.19. The molecule has 2 saturated carbocycles. The molecule has 2 aliphatic carbocycles. The Bertz CT molecular complexity index is 355. The van der Waals surface area contributed by atoms with Gasteiger partial charge in [0.1, 0.15) is 0 Å². The molecular weight excluding hydrogens is 300 g/mol. The Balaban J connectivity index is 0.00000176. The molecule has 1 heterocycles. The van der Waals surface area contributed by atoms with Crippen molar-refractivity contribution in [2.75, 3.05) is 13.2 Å². The van der Waals surface area contributed by atoms with E-state index in [1.807, 2.05) is 0 Å². The highest BCUT2D eigenvalue weighted by molar-refractivity contribution is 5.85. The fourth-order valence-corrected chi connectivity index (χ4v) is 4.34. The summed E-state index contributed by atoms with van der Waals surface area (Å²) in [7, 11) is 0. The first kappa shape index (κ1) is 18.0. The second kappa shape index (κ2) is 8.51. The van der Waals surface area contributed by atoms with Crippen molar-refractivity contribution in [1.82, 2.24) is 4.90 Å². The number of hydrogen-bond donors (Lipinski definition) is 1. The molecule has 3 fully saturated rings. The van der Waals surface area contributed by atoms with Gasteiger partial charge >= 0.3 is 0 Å². The molecule has 128 valence electrons. The van der Waals surface area contributed by atoms with Crippen molar-refractivity contribution < 1.29 is 9.53 Å². The van der Waals surface area contributed by atoms with Gasteiger partial charge in [-0.1, -0.05) is 19.3 Å². The zero-order valence-electron chi connectivity index (χ0n) is 13.5. The van der Waals surface area contributed by atoms with Gasteiger partial charge in [0.2, 0.25) is 5.91 Å². The molecule has 5 heteroatoms. The van der Waals surface area contributed by atoms with Gasteiger partial charge in [0.05, 0.1) is 6.10 Å². The summed E-state index contributed by atoms with van der Waals surface area (Å²) >= 11 is 0. The minimum Gasteiger partial charge on any atom is -0.376 e. The highest BCUT2D eigenvalue weighted by Gasteiger charge is 2.33. The van der Waals surface area contributed by atoms with Crippen molar-refractivity contribution in [3.05, 3.63) is 0 Å². The molecule has 0 aromatic rings. The number of carbonyl (C=O) groups is 1. The molecule has 1 aliphatic heterocycles. The Morgan fingerprint density at radius 2 is 1.82 bits per heavy atom. The normalized spacial score (nSPS) is 32.1. The highest BCUT2D eigenvalue weighted by atomic mass is 35.5. The third-order valence-corrected chi connectivity index (χ3v) is 5.66. The average molecular weight is 331 g/mol. The molecular formula is C17H31ClN2O2. The lowest BCUT2D eigenvalue weighted by molar-refractivity contribution is -0.136. The van der Waals surface area contributed by atoms with E-state index in [4.69, 9.17) is 10.5 Å². The molecule has 22 heavy (non-hydrogen) atoms. The van der Waals surface area contributed by atoms with E-state index in [2.05, 4.69) is 4.90 Å². The molecule has 4 nitrogen and oxygen atoms in total. The minimum absolute atomic E-state index is 0. The molecule has 0 aromatic carbocycles. The van der Waals surface area contributed by atoms with Gasteiger partial charge in [0.15, 0.2) is 0 Å². The molecule has 0 radical (unpaired) electrons. The number of nitrogens with zero attached hydrogens (tertiary/aromatic N) is 1. The van der Waals surface area contributed by atoms with Gasteiger partial charge in [-0.05, 0) is 44.4 Å². The number of halogens is 1. The van der Waals surface area contributed by atoms with Crippen LogP contribution in [0.5, 0.6) is 0 Å². The molecule has 1 unspecified atom stereocenters. The lowest BCUT2D eigenvalue weighted by atomic mass is 9.98. The lowest BCUT2D eigenvalue weighted by Crippen LogP contribution is -2.44. The number of carbonyl (C=O) groups excluding carboxylic acids is 1. The first-order valence-electron chi connectivity index (χ1n) is 8.90. The van der Waals surface area contributed by atoms with Gasteiger partial charge in [-0.15, -0.1) is 12.4 Å². The summed E-state index contributed by atoms with van der Waals surface area (Å²) in [5.74, 6) is 0.741. The quantitative estimate of drug-likeness (QED) is 0.843. The monoisotopic (exact) mass is 330 g/mol. The number of hydrogen-bond acceptors (Lipinski definition) is 3. The van der Waals surface area contributed by atoms with Crippen LogP contribution in [0.4, 0.5) is 0 Å². The van der Waals surface area contributed by atoms with Crippen molar-refractivity contribution >= 4 is 18.3 Å². The number of ether oxygens (including phenoxy) is 1. The van der Waals surface area contributed by atoms with Crippen molar-refractivity contribution in [1.29, 1.82) is 0 Å². The van der Waals surface area contributed by atoms with Crippen molar-refractivity contribution in [3.8, 4) is 0 Å². The zero-order chi connectivity index (χ0) is 14.7. The van der Waals surface area contributed by atoms with E-state index in [1.165, 1.54) is 32.1 Å². The standard InChI is InChI=1S/C17H30N2O2.ClH/c18-16-9-3-5-13(16)11-17(20)19(14-6-1-2-7-14)12-15-8-4-10-21-15;/h13-16H,1-12,18H2;1H/t13-,15?,16+;/m0./s1. The summed E-state index contributed by atoms with van der Waals surface area (Å²) in [5.41, 5.74) is 6.15. The Morgan fingerprint density at radius 3 is 2.41 bits per heavy atom. The molecule has 3 atom stereocenters. The fourth-order valence-electron chi connectivity index (χ4n) is 4.34. The van der Waals surface area contributed by atoms with Crippen LogP contribution in [0.15, 0.2) is 0 Å². The van der Waals surface area contributed by atoms with E-state index in [9.17, 15) is 4.79 Å². The van der Waals surface area contributed by atoms with Crippen LogP contribution in [0.3, 0.4) is 0 Å². The highest BCUT2D eigenvalue weighted by Crippen LogP contribution is 2.30. The zero-order valence-corrected chi connectivity index (χ0v) is 14.4. The van der Waals surface area contributed by atoms with Crippen LogP contribution in [-0.2, 0) is 9.53 Å². The van der Waals surface area contributed by atoms with Gasteiger partial charge in [0, 0.05) is 31.7 Å². The van der Waals surface area contributed by atoms with Gasteiger partial charge in [-0.2, -0.15) is 0 Å². The summed E-state index contributed by atoms with van der Waals surface area (Å²) in [4.78, 5) is 15.0. The summed E-state index contributed by atoms with van der Waals surface area (Å²) in [5, 5.41) is 0. The van der Waals surface area contributed by atoms with E-state index in [1.54, 1.807) is 0 Å². The first-order chi connectivity index (χ1) is 10.2. The first-order valence-corrected chi connectivity index (χ1v) is 8.90. The van der Waals surface area contributed by atoms with Gasteiger partial charge in [-0.3, -0.25) is 4.79 Å². The summed E-state index contributed by atoms with van der Waals surface area (Å²) in [6.07, 6.45) is 11.5. The second-order valence-electron chi connectivity index (χ2n) is 7.18. The van der Waals surface area contributed by atoms with Crippen LogP contribution in [-0.4, -0.2) is 42.1 Å². The maximum absolute atomic E-state index is 12.8. The van der Waals surface area contributed by atoms with E-state index < -0.39 is 0 Å². The maximum atomic E-state index is 12.8. The van der Waals surface area contributed by atoms with Crippen LogP contribution in [0.25, 0.3) is 0 Å². The third-order valence-electron chi connectivity index (χ3n) is 5.66. The van der Waals surface area contributed by atoms with Gasteiger partial charge < -0.3 is 15.4 Å². The molecule has 2 N–H and O–H groups in total. The van der Waals surface area contributed by atoms with Crippen molar-refractivity contribution in [2.45, 2.75) is 82.4 Å². The summed E-state index contributed by atoms with van der Waals surface area (Å²) in [6.45, 7) is 1.68. The molecule has 1 amide bonds. The van der Waals surface area contributed by atoms with E-state index in [0.29, 0.717) is 24.3 Å². The Hall–Kier alpha value is -0.320. The number of amides is 1. The van der Waals surface area contributed by atoms with Crippen LogP contribution in [0, 0.1) is 5.92 Å². The summed E-state index contributed by atoms with van der Waals surface area (Å²) < 4.78 is 5.77. The molecule has 3 aliphatic rings. The number of nitrogens with two attached hydrogens (primary N) is 1. The van der Waals surface area contributed by atoms with Crippen molar-refractivity contribution in [2.24, 2.45) is 11.7 Å².